The highest BCUT2D eigenvalue weighted by Gasteiger charge is 2.27. The number of nitro groups is 1. The summed E-state index contributed by atoms with van der Waals surface area (Å²) in [6, 6.07) is 3.75. The van der Waals surface area contributed by atoms with Gasteiger partial charge in [0.15, 0.2) is 0 Å². The maximum absolute atomic E-state index is 11.8. The zero-order valence-electron chi connectivity index (χ0n) is 17.9. The average Bonchev–Trinajstić information content (AvgIpc) is 3.17. The normalized spacial score (nSPS) is 22.0. The Morgan fingerprint density at radius 3 is 2.55 bits per heavy atom. The van der Waals surface area contributed by atoms with E-state index in [4.69, 9.17) is 10.1 Å². The summed E-state index contributed by atoms with van der Waals surface area (Å²) < 4.78 is 0. The van der Waals surface area contributed by atoms with E-state index in [-0.39, 0.29) is 17.0 Å². The molecule has 1 N–H and O–H groups in total. The second kappa shape index (κ2) is 9.44. The molecule has 7 nitrogen and oxygen atoms in total. The molecule has 2 aromatic rings. The Morgan fingerprint density at radius 2 is 1.90 bits per heavy atom. The van der Waals surface area contributed by atoms with Crippen molar-refractivity contribution in [3.8, 4) is 11.3 Å². The Balaban J connectivity index is 1.52. The van der Waals surface area contributed by atoms with Crippen molar-refractivity contribution < 1.29 is 14.8 Å². The third-order valence-corrected chi connectivity index (χ3v) is 7.81. The number of aromatic nitrogens is 1. The number of aliphatic carboxylic acids is 1. The molecule has 2 heterocycles. The molecule has 1 fully saturated rings. The number of likely N-dealkylation sites (N-methyl/N-ethyl adjacent to an activating group) is 1. The molecule has 31 heavy (non-hydrogen) atoms. The smallest absolute Gasteiger partial charge is 0.303 e. The van der Waals surface area contributed by atoms with E-state index in [1.165, 1.54) is 5.56 Å². The first-order valence-corrected chi connectivity index (χ1v) is 11.9. The maximum atomic E-state index is 11.8. The number of hydrogen-bond donors (Lipinski definition) is 1. The highest BCUT2D eigenvalue weighted by Crippen LogP contribution is 2.41. The molecule has 0 spiro atoms. The Kier molecular flexibility index (Phi) is 6.67. The molecule has 0 radical (unpaired) electrons. The van der Waals surface area contributed by atoms with Gasteiger partial charge in [-0.3, -0.25) is 14.9 Å². The van der Waals surface area contributed by atoms with Crippen LogP contribution in [0.15, 0.2) is 17.5 Å². The Morgan fingerprint density at radius 1 is 1.23 bits per heavy atom. The number of nitro benzene ring substituents is 1. The summed E-state index contributed by atoms with van der Waals surface area (Å²) in [6.45, 7) is 1.87. The second-order valence-electron chi connectivity index (χ2n) is 8.92. The third kappa shape index (κ3) is 5.13. The quantitative estimate of drug-likeness (QED) is 0.504. The molecule has 2 aliphatic rings. The minimum absolute atomic E-state index is 0.150. The zero-order chi connectivity index (χ0) is 22.0. The van der Waals surface area contributed by atoms with Crippen molar-refractivity contribution in [1.82, 2.24) is 9.88 Å². The van der Waals surface area contributed by atoms with E-state index in [0.29, 0.717) is 23.1 Å². The zero-order valence-corrected chi connectivity index (χ0v) is 18.7. The average molecular weight is 444 g/mol. The van der Waals surface area contributed by atoms with Crippen LogP contribution in [0.4, 0.5) is 5.69 Å². The number of carbonyl (C=O) groups is 1. The van der Waals surface area contributed by atoms with Crippen LogP contribution in [0.5, 0.6) is 0 Å². The molecule has 1 aromatic heterocycles. The lowest BCUT2D eigenvalue weighted by Gasteiger charge is -2.26. The largest absolute Gasteiger partial charge is 0.481 e. The summed E-state index contributed by atoms with van der Waals surface area (Å²) in [6.07, 6.45) is 6.80. The van der Waals surface area contributed by atoms with Gasteiger partial charge in [-0.05, 0) is 75.1 Å². The van der Waals surface area contributed by atoms with E-state index in [9.17, 15) is 14.9 Å². The van der Waals surface area contributed by atoms with Gasteiger partial charge in [0.05, 0.1) is 21.2 Å². The molecule has 1 saturated carbocycles. The van der Waals surface area contributed by atoms with E-state index in [0.717, 1.165) is 68.6 Å². The monoisotopic (exact) mass is 443 g/mol. The van der Waals surface area contributed by atoms with Crippen LogP contribution in [0.1, 0.15) is 60.6 Å². The van der Waals surface area contributed by atoms with Crippen LogP contribution < -0.4 is 0 Å². The molecular weight excluding hydrogens is 414 g/mol. The summed E-state index contributed by atoms with van der Waals surface area (Å²) >= 11 is 1.60. The van der Waals surface area contributed by atoms with E-state index < -0.39 is 5.97 Å². The van der Waals surface area contributed by atoms with E-state index in [1.54, 1.807) is 17.4 Å². The molecule has 0 saturated heterocycles. The van der Waals surface area contributed by atoms with Gasteiger partial charge in [0.1, 0.15) is 0 Å². The molecule has 0 bridgehead atoms. The SMILES string of the molecule is CN1CCc2cc(-c3csc([C@H]4CC[C@H](CCC(=O)O)CC4)n3)c([N+](=O)[O-])cc2CC1. The highest BCUT2D eigenvalue weighted by atomic mass is 32.1. The van der Waals surface area contributed by atoms with Gasteiger partial charge in [0, 0.05) is 36.9 Å². The molecule has 8 heteroatoms. The van der Waals surface area contributed by atoms with Gasteiger partial charge in [0.2, 0.25) is 0 Å². The van der Waals surface area contributed by atoms with Crippen molar-refractivity contribution in [3.63, 3.8) is 0 Å². The molecule has 1 aliphatic carbocycles. The topological polar surface area (TPSA) is 96.6 Å². The summed E-state index contributed by atoms with van der Waals surface area (Å²) in [4.78, 5) is 29.4. The van der Waals surface area contributed by atoms with Crippen molar-refractivity contribution in [2.75, 3.05) is 20.1 Å². The minimum Gasteiger partial charge on any atom is -0.481 e. The minimum atomic E-state index is -0.722. The molecule has 166 valence electrons. The lowest BCUT2D eigenvalue weighted by Crippen LogP contribution is -2.20. The van der Waals surface area contributed by atoms with Crippen LogP contribution >= 0.6 is 11.3 Å². The molecule has 4 rings (SSSR count). The fourth-order valence-electron chi connectivity index (χ4n) is 4.86. The number of carboxylic acids is 1. The molecule has 0 atom stereocenters. The standard InChI is InChI=1S/C23H29N3O4S/c1-25-10-8-17-12-19(21(26(29)30)13-18(17)9-11-25)20-14-31-23(24-20)16-5-2-15(3-6-16)4-7-22(27)28/h12-16H,2-11H2,1H3,(H,27,28)/t15-,16-. The van der Waals surface area contributed by atoms with E-state index in [1.807, 2.05) is 11.4 Å². The third-order valence-electron chi connectivity index (χ3n) is 6.80. The summed E-state index contributed by atoms with van der Waals surface area (Å²) in [7, 11) is 2.09. The molecule has 1 aromatic carbocycles. The molecule has 0 amide bonds. The predicted octanol–water partition coefficient (Wildman–Crippen LogP) is 4.89. The Bertz CT molecular complexity index is 966. The number of nitrogens with zero attached hydrogens (tertiary/aromatic N) is 3. The number of thiazole rings is 1. The van der Waals surface area contributed by atoms with E-state index in [2.05, 4.69) is 11.9 Å². The van der Waals surface area contributed by atoms with Gasteiger partial charge >= 0.3 is 5.97 Å². The number of benzene rings is 1. The van der Waals surface area contributed by atoms with Gasteiger partial charge in [-0.2, -0.15) is 0 Å². The molecule has 0 unspecified atom stereocenters. The van der Waals surface area contributed by atoms with Crippen LogP contribution in [0.25, 0.3) is 11.3 Å². The summed E-state index contributed by atoms with van der Waals surface area (Å²) in [5.74, 6) is 0.129. The second-order valence-corrected chi connectivity index (χ2v) is 9.81. The van der Waals surface area contributed by atoms with Gasteiger partial charge in [-0.1, -0.05) is 0 Å². The van der Waals surface area contributed by atoms with Crippen LogP contribution in [-0.2, 0) is 17.6 Å². The number of fused-ring (bicyclic) bond motifs is 1. The van der Waals surface area contributed by atoms with Crippen LogP contribution in [0.2, 0.25) is 0 Å². The van der Waals surface area contributed by atoms with Crippen LogP contribution in [0.3, 0.4) is 0 Å². The van der Waals surface area contributed by atoms with Crippen molar-refractivity contribution in [2.45, 2.75) is 57.3 Å². The predicted molar refractivity (Wildman–Crippen MR) is 121 cm³/mol. The number of rotatable bonds is 6. The first-order valence-electron chi connectivity index (χ1n) is 11.1. The molecular formula is C23H29N3O4S. The Hall–Kier alpha value is -2.32. The highest BCUT2D eigenvalue weighted by molar-refractivity contribution is 7.10. The van der Waals surface area contributed by atoms with Crippen molar-refractivity contribution >= 4 is 23.0 Å². The van der Waals surface area contributed by atoms with E-state index >= 15 is 0 Å². The fraction of sp³-hybridized carbons (Fsp3) is 0.565. The summed E-state index contributed by atoms with van der Waals surface area (Å²) in [5.41, 5.74) is 3.76. The van der Waals surface area contributed by atoms with Crippen molar-refractivity contribution in [3.05, 3.63) is 43.8 Å². The summed E-state index contributed by atoms with van der Waals surface area (Å²) in [5, 5.41) is 23.7. The van der Waals surface area contributed by atoms with Crippen molar-refractivity contribution in [1.29, 1.82) is 0 Å². The lowest BCUT2D eigenvalue weighted by molar-refractivity contribution is -0.384. The van der Waals surface area contributed by atoms with Gasteiger partial charge in [-0.25, -0.2) is 4.98 Å². The maximum Gasteiger partial charge on any atom is 0.303 e. The van der Waals surface area contributed by atoms with Crippen molar-refractivity contribution in [2.24, 2.45) is 5.92 Å². The first kappa shape index (κ1) is 21.9. The lowest BCUT2D eigenvalue weighted by atomic mass is 9.80. The van der Waals surface area contributed by atoms with Gasteiger partial charge in [0.25, 0.3) is 5.69 Å². The van der Waals surface area contributed by atoms with Gasteiger partial charge in [-0.15, -0.1) is 11.3 Å². The fourth-order valence-corrected chi connectivity index (χ4v) is 5.85. The molecule has 1 aliphatic heterocycles. The first-order chi connectivity index (χ1) is 14.9. The van der Waals surface area contributed by atoms with Gasteiger partial charge < -0.3 is 10.0 Å². The van der Waals surface area contributed by atoms with Crippen LogP contribution in [-0.4, -0.2) is 46.0 Å². The Labute approximate surface area is 186 Å². The number of hydrogen-bond acceptors (Lipinski definition) is 6. The van der Waals surface area contributed by atoms with Crippen LogP contribution in [0, 0.1) is 16.0 Å². The number of carboxylic acid groups (broad SMARTS) is 1.